The third-order valence-electron chi connectivity index (χ3n) is 2.44. The topological polar surface area (TPSA) is 76.7 Å². The standard InChI is InChI=1S/C12H14ClN5/c1-7(2)10-5-11(18-14)17-12(16-10)9-4-3-8(13)6-15-9/h3-7H,14H2,1-2H3,(H,16,17,18). The smallest absolute Gasteiger partial charge is 0.180 e. The maximum absolute atomic E-state index is 5.80. The molecule has 0 bridgehead atoms. The normalized spacial score (nSPS) is 10.7. The van der Waals surface area contributed by atoms with Gasteiger partial charge < -0.3 is 5.43 Å². The van der Waals surface area contributed by atoms with Crippen LogP contribution in [0.4, 0.5) is 5.82 Å². The Morgan fingerprint density at radius 1 is 1.28 bits per heavy atom. The summed E-state index contributed by atoms with van der Waals surface area (Å²) < 4.78 is 0. The number of nitrogens with zero attached hydrogens (tertiary/aromatic N) is 3. The van der Waals surface area contributed by atoms with E-state index in [1.54, 1.807) is 18.3 Å². The number of hydrogen-bond donors (Lipinski definition) is 2. The van der Waals surface area contributed by atoms with Crippen molar-refractivity contribution in [2.24, 2.45) is 5.84 Å². The molecule has 0 aliphatic heterocycles. The van der Waals surface area contributed by atoms with Crippen LogP contribution in [0.3, 0.4) is 0 Å². The molecule has 0 spiro atoms. The lowest BCUT2D eigenvalue weighted by Crippen LogP contribution is -2.11. The Balaban J connectivity index is 2.49. The van der Waals surface area contributed by atoms with E-state index in [9.17, 15) is 0 Å². The van der Waals surface area contributed by atoms with Crippen LogP contribution in [0.15, 0.2) is 24.4 Å². The van der Waals surface area contributed by atoms with Crippen molar-refractivity contribution >= 4 is 17.4 Å². The highest BCUT2D eigenvalue weighted by Gasteiger charge is 2.09. The molecule has 0 aliphatic rings. The summed E-state index contributed by atoms with van der Waals surface area (Å²) in [5, 5.41) is 0.580. The highest BCUT2D eigenvalue weighted by molar-refractivity contribution is 6.30. The molecule has 2 rings (SSSR count). The van der Waals surface area contributed by atoms with Crippen molar-refractivity contribution in [1.29, 1.82) is 0 Å². The highest BCUT2D eigenvalue weighted by atomic mass is 35.5. The van der Waals surface area contributed by atoms with E-state index in [0.29, 0.717) is 22.4 Å². The van der Waals surface area contributed by atoms with Crippen molar-refractivity contribution in [1.82, 2.24) is 15.0 Å². The van der Waals surface area contributed by atoms with Crippen LogP contribution in [-0.2, 0) is 0 Å². The second-order valence-electron chi connectivity index (χ2n) is 4.16. The molecule has 0 aliphatic carbocycles. The summed E-state index contributed by atoms with van der Waals surface area (Å²) in [5.74, 6) is 6.79. The van der Waals surface area contributed by atoms with Crippen LogP contribution in [-0.4, -0.2) is 15.0 Å². The molecule has 18 heavy (non-hydrogen) atoms. The lowest BCUT2D eigenvalue weighted by Gasteiger charge is -2.09. The lowest BCUT2D eigenvalue weighted by molar-refractivity contribution is 0.816. The van der Waals surface area contributed by atoms with E-state index in [1.807, 2.05) is 6.07 Å². The lowest BCUT2D eigenvalue weighted by atomic mass is 10.1. The van der Waals surface area contributed by atoms with E-state index in [1.165, 1.54) is 0 Å². The minimum atomic E-state index is 0.283. The second-order valence-corrected chi connectivity index (χ2v) is 4.60. The maximum Gasteiger partial charge on any atom is 0.180 e. The van der Waals surface area contributed by atoms with Gasteiger partial charge in [-0.15, -0.1) is 0 Å². The molecule has 5 nitrogen and oxygen atoms in total. The van der Waals surface area contributed by atoms with Crippen LogP contribution >= 0.6 is 11.6 Å². The number of hydrazine groups is 1. The molecule has 0 fully saturated rings. The zero-order valence-corrected chi connectivity index (χ0v) is 10.9. The molecule has 94 valence electrons. The Morgan fingerprint density at radius 3 is 2.61 bits per heavy atom. The molecule has 6 heteroatoms. The average molecular weight is 264 g/mol. The van der Waals surface area contributed by atoms with Gasteiger partial charge in [0.2, 0.25) is 0 Å². The summed E-state index contributed by atoms with van der Waals surface area (Å²) in [6, 6.07) is 5.36. The summed E-state index contributed by atoms with van der Waals surface area (Å²) in [4.78, 5) is 12.9. The third-order valence-corrected chi connectivity index (χ3v) is 2.67. The Labute approximate surface area is 110 Å². The van der Waals surface area contributed by atoms with E-state index in [0.717, 1.165) is 5.69 Å². The van der Waals surface area contributed by atoms with E-state index in [-0.39, 0.29) is 5.92 Å². The molecule has 0 saturated carbocycles. The van der Waals surface area contributed by atoms with Gasteiger partial charge in [-0.05, 0) is 18.1 Å². The Bertz CT molecular complexity index is 539. The fourth-order valence-electron chi connectivity index (χ4n) is 1.46. The molecule has 0 atom stereocenters. The number of hydrogen-bond acceptors (Lipinski definition) is 5. The number of pyridine rings is 1. The molecule has 2 aromatic heterocycles. The first-order valence-electron chi connectivity index (χ1n) is 5.57. The van der Waals surface area contributed by atoms with Gasteiger partial charge in [0.15, 0.2) is 5.82 Å². The Kier molecular flexibility index (Phi) is 3.74. The summed E-state index contributed by atoms with van der Waals surface area (Å²) in [7, 11) is 0. The van der Waals surface area contributed by atoms with Gasteiger partial charge in [0.05, 0.1) is 5.02 Å². The number of anilines is 1. The van der Waals surface area contributed by atoms with Crippen molar-refractivity contribution in [3.63, 3.8) is 0 Å². The SMILES string of the molecule is CC(C)c1cc(NN)nc(-c2ccc(Cl)cn2)n1. The molecule has 0 saturated heterocycles. The first-order valence-corrected chi connectivity index (χ1v) is 5.95. The molecule has 0 aromatic carbocycles. The molecule has 0 amide bonds. The zero-order valence-electron chi connectivity index (χ0n) is 10.2. The van der Waals surface area contributed by atoms with Gasteiger partial charge in [-0.1, -0.05) is 25.4 Å². The Morgan fingerprint density at radius 2 is 2.06 bits per heavy atom. The van der Waals surface area contributed by atoms with Gasteiger partial charge in [-0.2, -0.15) is 0 Å². The molecule has 0 radical (unpaired) electrons. The van der Waals surface area contributed by atoms with Crippen LogP contribution in [0.1, 0.15) is 25.5 Å². The number of nitrogen functional groups attached to an aromatic ring is 1. The van der Waals surface area contributed by atoms with Gasteiger partial charge in [-0.3, -0.25) is 4.98 Å². The fourth-order valence-corrected chi connectivity index (χ4v) is 1.57. The molecule has 2 heterocycles. The minimum Gasteiger partial charge on any atom is -0.308 e. The van der Waals surface area contributed by atoms with Crippen molar-refractivity contribution in [2.45, 2.75) is 19.8 Å². The highest BCUT2D eigenvalue weighted by Crippen LogP contribution is 2.21. The minimum absolute atomic E-state index is 0.283. The first-order chi connectivity index (χ1) is 8.60. The predicted octanol–water partition coefficient (Wildman–Crippen LogP) is 2.60. The van der Waals surface area contributed by atoms with E-state index >= 15 is 0 Å². The van der Waals surface area contributed by atoms with Gasteiger partial charge >= 0.3 is 0 Å². The summed E-state index contributed by atoms with van der Waals surface area (Å²) in [6.45, 7) is 4.11. The molecule has 3 N–H and O–H groups in total. The molecule has 2 aromatic rings. The number of halogens is 1. The van der Waals surface area contributed by atoms with Crippen LogP contribution in [0, 0.1) is 0 Å². The number of nitrogens with one attached hydrogen (secondary N) is 1. The van der Waals surface area contributed by atoms with Gasteiger partial charge in [0, 0.05) is 18.0 Å². The van der Waals surface area contributed by atoms with Gasteiger partial charge in [0.25, 0.3) is 0 Å². The molecule has 0 unspecified atom stereocenters. The summed E-state index contributed by atoms with van der Waals surface area (Å²) in [6.07, 6.45) is 1.57. The molecular weight excluding hydrogens is 250 g/mol. The van der Waals surface area contributed by atoms with Gasteiger partial charge in [-0.25, -0.2) is 15.8 Å². The van der Waals surface area contributed by atoms with Crippen LogP contribution in [0.25, 0.3) is 11.5 Å². The molecular formula is C12H14ClN5. The fraction of sp³-hybridized carbons (Fsp3) is 0.250. The van der Waals surface area contributed by atoms with E-state index < -0.39 is 0 Å². The second kappa shape index (κ2) is 5.29. The first kappa shape index (κ1) is 12.7. The number of rotatable bonds is 3. The van der Waals surface area contributed by atoms with E-state index in [4.69, 9.17) is 17.4 Å². The summed E-state index contributed by atoms with van der Waals surface area (Å²) >= 11 is 5.80. The van der Waals surface area contributed by atoms with Crippen molar-refractivity contribution in [3.05, 3.63) is 35.1 Å². The number of aromatic nitrogens is 3. The van der Waals surface area contributed by atoms with Crippen LogP contribution < -0.4 is 11.3 Å². The largest absolute Gasteiger partial charge is 0.308 e. The van der Waals surface area contributed by atoms with Crippen molar-refractivity contribution in [2.75, 3.05) is 5.43 Å². The van der Waals surface area contributed by atoms with Crippen LogP contribution in [0.5, 0.6) is 0 Å². The zero-order chi connectivity index (χ0) is 13.1. The maximum atomic E-state index is 5.80. The van der Waals surface area contributed by atoms with Crippen molar-refractivity contribution < 1.29 is 0 Å². The average Bonchev–Trinajstić information content (AvgIpc) is 2.39. The van der Waals surface area contributed by atoms with E-state index in [2.05, 4.69) is 34.2 Å². The monoisotopic (exact) mass is 263 g/mol. The summed E-state index contributed by atoms with van der Waals surface area (Å²) in [5.41, 5.74) is 4.11. The third kappa shape index (κ3) is 2.75. The quantitative estimate of drug-likeness (QED) is 0.657. The predicted molar refractivity (Wildman–Crippen MR) is 72.2 cm³/mol. The van der Waals surface area contributed by atoms with Gasteiger partial charge in [0.1, 0.15) is 11.5 Å². The van der Waals surface area contributed by atoms with Crippen molar-refractivity contribution in [3.8, 4) is 11.5 Å². The number of nitrogens with two attached hydrogens (primary N) is 1. The van der Waals surface area contributed by atoms with Crippen LogP contribution in [0.2, 0.25) is 5.02 Å². The Hall–Kier alpha value is -1.72.